The lowest BCUT2D eigenvalue weighted by Gasteiger charge is -2.20. The maximum absolute atomic E-state index is 11.4. The number of aliphatic hydroxyl groups is 1. The normalized spacial score (nSPS) is 16.3. The highest BCUT2D eigenvalue weighted by Gasteiger charge is 2.32. The molecule has 3 atom stereocenters. The van der Waals surface area contributed by atoms with Crippen LogP contribution in [0.4, 0.5) is 0 Å². The van der Waals surface area contributed by atoms with Gasteiger partial charge in [-0.1, -0.05) is 6.92 Å². The van der Waals surface area contributed by atoms with Crippen molar-refractivity contribution in [2.75, 3.05) is 14.2 Å². The van der Waals surface area contributed by atoms with Gasteiger partial charge in [0, 0.05) is 0 Å². The number of methoxy groups -OCH3 is 2. The molecule has 5 nitrogen and oxygen atoms in total. The second-order valence-corrected chi connectivity index (χ2v) is 3.53. The smallest absolute Gasteiger partial charge is 0.309 e. The van der Waals surface area contributed by atoms with Gasteiger partial charge in [0.25, 0.3) is 0 Å². The van der Waals surface area contributed by atoms with E-state index in [9.17, 15) is 14.7 Å². The average Bonchev–Trinajstić information content (AvgIpc) is 2.22. The molecular weight excluding hydrogens is 200 g/mol. The molecule has 0 saturated heterocycles. The molecule has 15 heavy (non-hydrogen) atoms. The molecule has 0 aliphatic heterocycles. The molecule has 0 heterocycles. The van der Waals surface area contributed by atoms with Crippen LogP contribution in [0.15, 0.2) is 0 Å². The fraction of sp³-hybridized carbons (Fsp3) is 0.800. The minimum absolute atomic E-state index is 0.183. The van der Waals surface area contributed by atoms with Gasteiger partial charge in [-0.2, -0.15) is 0 Å². The van der Waals surface area contributed by atoms with E-state index in [2.05, 4.69) is 9.47 Å². The predicted molar refractivity (Wildman–Crippen MR) is 53.0 cm³/mol. The van der Waals surface area contributed by atoms with Crippen molar-refractivity contribution < 1.29 is 24.2 Å². The third-order valence-corrected chi connectivity index (χ3v) is 2.28. The van der Waals surface area contributed by atoms with E-state index in [0.29, 0.717) is 0 Å². The molecule has 0 radical (unpaired) electrons. The number of carbonyl (C=O) groups is 2. The standard InChI is InChI=1S/C10H18O5/c1-6(11)5-8(10(13)15-4)7(2)9(12)14-3/h6-8,11H,5H2,1-4H3. The van der Waals surface area contributed by atoms with Crippen molar-refractivity contribution in [2.24, 2.45) is 11.8 Å². The van der Waals surface area contributed by atoms with Crippen LogP contribution >= 0.6 is 0 Å². The summed E-state index contributed by atoms with van der Waals surface area (Å²) < 4.78 is 9.11. The Balaban J connectivity index is 4.61. The molecule has 0 aromatic heterocycles. The van der Waals surface area contributed by atoms with Gasteiger partial charge in [-0.05, 0) is 13.3 Å². The Morgan fingerprint density at radius 2 is 1.60 bits per heavy atom. The quantitative estimate of drug-likeness (QED) is 0.674. The third-order valence-electron chi connectivity index (χ3n) is 2.28. The Morgan fingerprint density at radius 1 is 1.13 bits per heavy atom. The topological polar surface area (TPSA) is 72.8 Å². The Labute approximate surface area is 89.4 Å². The lowest BCUT2D eigenvalue weighted by atomic mass is 9.89. The Morgan fingerprint density at radius 3 is 1.93 bits per heavy atom. The van der Waals surface area contributed by atoms with Crippen LogP contribution in [0.3, 0.4) is 0 Å². The molecule has 0 aliphatic carbocycles. The highest BCUT2D eigenvalue weighted by molar-refractivity contribution is 5.81. The first-order chi connectivity index (χ1) is 6.93. The second-order valence-electron chi connectivity index (χ2n) is 3.53. The van der Waals surface area contributed by atoms with Crippen LogP contribution in [0.1, 0.15) is 20.3 Å². The molecule has 0 amide bonds. The minimum atomic E-state index is -0.666. The van der Waals surface area contributed by atoms with E-state index in [1.54, 1.807) is 13.8 Å². The van der Waals surface area contributed by atoms with E-state index >= 15 is 0 Å². The maximum Gasteiger partial charge on any atom is 0.309 e. The first kappa shape index (κ1) is 13.9. The molecule has 0 spiro atoms. The summed E-state index contributed by atoms with van der Waals surface area (Å²) in [6, 6.07) is 0. The SMILES string of the molecule is COC(=O)C(C)C(CC(C)O)C(=O)OC. The van der Waals surface area contributed by atoms with Gasteiger partial charge in [-0.3, -0.25) is 9.59 Å². The lowest BCUT2D eigenvalue weighted by molar-refractivity contribution is -0.158. The number of aliphatic hydroxyl groups excluding tert-OH is 1. The van der Waals surface area contributed by atoms with Crippen LogP contribution in [-0.2, 0) is 19.1 Å². The number of carbonyl (C=O) groups excluding carboxylic acids is 2. The maximum atomic E-state index is 11.4. The Kier molecular flexibility index (Phi) is 5.93. The van der Waals surface area contributed by atoms with Gasteiger partial charge in [-0.15, -0.1) is 0 Å². The Bertz CT molecular complexity index is 224. The molecule has 0 bridgehead atoms. The molecule has 5 heteroatoms. The van der Waals surface area contributed by atoms with Gasteiger partial charge in [0.15, 0.2) is 0 Å². The van der Waals surface area contributed by atoms with Crippen molar-refractivity contribution in [1.29, 1.82) is 0 Å². The summed E-state index contributed by atoms with van der Waals surface area (Å²) in [6.07, 6.45) is -0.482. The fourth-order valence-corrected chi connectivity index (χ4v) is 1.37. The Hall–Kier alpha value is -1.10. The summed E-state index contributed by atoms with van der Waals surface area (Å²) >= 11 is 0. The molecule has 0 aromatic carbocycles. The van der Waals surface area contributed by atoms with Crippen molar-refractivity contribution in [1.82, 2.24) is 0 Å². The van der Waals surface area contributed by atoms with Crippen LogP contribution < -0.4 is 0 Å². The fourth-order valence-electron chi connectivity index (χ4n) is 1.37. The van der Waals surface area contributed by atoms with Gasteiger partial charge in [0.05, 0.1) is 32.2 Å². The van der Waals surface area contributed by atoms with Crippen molar-refractivity contribution in [3.63, 3.8) is 0 Å². The number of ether oxygens (including phenoxy) is 2. The first-order valence-electron chi connectivity index (χ1n) is 4.77. The van der Waals surface area contributed by atoms with Gasteiger partial charge in [0.1, 0.15) is 0 Å². The van der Waals surface area contributed by atoms with E-state index in [0.717, 1.165) is 0 Å². The molecule has 3 unspecified atom stereocenters. The zero-order valence-electron chi connectivity index (χ0n) is 9.52. The molecule has 88 valence electrons. The van der Waals surface area contributed by atoms with Gasteiger partial charge in [-0.25, -0.2) is 0 Å². The molecular formula is C10H18O5. The molecule has 0 fully saturated rings. The molecule has 0 aliphatic rings. The van der Waals surface area contributed by atoms with E-state index in [4.69, 9.17) is 0 Å². The number of hydrogen-bond acceptors (Lipinski definition) is 5. The lowest BCUT2D eigenvalue weighted by Crippen LogP contribution is -2.32. The summed E-state index contributed by atoms with van der Waals surface area (Å²) in [4.78, 5) is 22.6. The molecule has 0 rings (SSSR count). The van der Waals surface area contributed by atoms with Crippen molar-refractivity contribution in [2.45, 2.75) is 26.4 Å². The van der Waals surface area contributed by atoms with Crippen LogP contribution in [0.25, 0.3) is 0 Å². The van der Waals surface area contributed by atoms with Crippen molar-refractivity contribution in [3.8, 4) is 0 Å². The summed E-state index contributed by atoms with van der Waals surface area (Å²) in [7, 11) is 2.51. The highest BCUT2D eigenvalue weighted by Crippen LogP contribution is 2.20. The number of hydrogen-bond donors (Lipinski definition) is 1. The molecule has 0 aromatic rings. The monoisotopic (exact) mass is 218 g/mol. The van der Waals surface area contributed by atoms with E-state index in [1.165, 1.54) is 14.2 Å². The zero-order valence-corrected chi connectivity index (χ0v) is 9.52. The van der Waals surface area contributed by atoms with Gasteiger partial charge >= 0.3 is 11.9 Å². The van der Waals surface area contributed by atoms with Crippen LogP contribution in [0, 0.1) is 11.8 Å². The van der Waals surface area contributed by atoms with Crippen LogP contribution in [0.2, 0.25) is 0 Å². The predicted octanol–water partition coefficient (Wildman–Crippen LogP) is 0.356. The van der Waals surface area contributed by atoms with Crippen LogP contribution in [0.5, 0.6) is 0 Å². The first-order valence-corrected chi connectivity index (χ1v) is 4.77. The zero-order chi connectivity index (χ0) is 12.0. The van der Waals surface area contributed by atoms with Gasteiger partial charge in [0.2, 0.25) is 0 Å². The third kappa shape index (κ3) is 4.29. The second kappa shape index (κ2) is 6.40. The highest BCUT2D eigenvalue weighted by atomic mass is 16.5. The summed E-state index contributed by atoms with van der Waals surface area (Å²) in [5.41, 5.74) is 0. The van der Waals surface area contributed by atoms with Gasteiger partial charge < -0.3 is 14.6 Å². The average molecular weight is 218 g/mol. The largest absolute Gasteiger partial charge is 0.469 e. The van der Waals surface area contributed by atoms with Crippen LogP contribution in [-0.4, -0.2) is 37.4 Å². The van der Waals surface area contributed by atoms with Crippen molar-refractivity contribution >= 4 is 11.9 Å². The molecule has 1 N–H and O–H groups in total. The van der Waals surface area contributed by atoms with E-state index < -0.39 is 29.9 Å². The molecule has 0 saturated carbocycles. The van der Waals surface area contributed by atoms with E-state index in [-0.39, 0.29) is 6.42 Å². The number of rotatable bonds is 5. The van der Waals surface area contributed by atoms with E-state index in [1.807, 2.05) is 0 Å². The minimum Gasteiger partial charge on any atom is -0.469 e. The van der Waals surface area contributed by atoms with Crippen molar-refractivity contribution in [3.05, 3.63) is 0 Å². The summed E-state index contributed by atoms with van der Waals surface area (Å²) in [6.45, 7) is 3.13. The summed E-state index contributed by atoms with van der Waals surface area (Å²) in [5, 5.41) is 9.21. The summed E-state index contributed by atoms with van der Waals surface area (Å²) in [5.74, 6) is -2.26. The number of esters is 2.